The molecule has 0 bridgehead atoms. The number of fused-ring (bicyclic) bond motifs is 1. The van der Waals surface area contributed by atoms with Gasteiger partial charge < -0.3 is 20.1 Å². The van der Waals surface area contributed by atoms with Gasteiger partial charge in [0, 0.05) is 18.5 Å². The maximum atomic E-state index is 14.3. The van der Waals surface area contributed by atoms with Crippen molar-refractivity contribution in [2.75, 3.05) is 6.54 Å². The van der Waals surface area contributed by atoms with Crippen molar-refractivity contribution in [3.8, 4) is 16.9 Å². The number of carboxylic acids is 1. The third kappa shape index (κ3) is 8.41. The van der Waals surface area contributed by atoms with Crippen molar-refractivity contribution < 1.29 is 41.8 Å². The number of nitrogens with one attached hydrogen (secondary N) is 1. The van der Waals surface area contributed by atoms with Crippen molar-refractivity contribution in [3.05, 3.63) is 125 Å². The molecular weight excluding hydrogens is 664 g/mol. The van der Waals surface area contributed by atoms with Crippen LogP contribution in [0.25, 0.3) is 11.1 Å². The smallest absolute Gasteiger partial charge is 0.419 e. The molecule has 4 aromatic rings. The van der Waals surface area contributed by atoms with Gasteiger partial charge in [-0.15, -0.1) is 0 Å². The standard InChI is InChI=1S/C40H38F4N2O5/c41-33-12-6-11-30(37(33)40(42,43)44)24-51-31-18-17-28-19-20-46(35(47)21-25-7-4-5-8-25)38(32(28)22-31)39(50)45-34(23-36(48)49)29-15-13-27(14-16-29)26-9-2-1-3-10-26/h1-3,6,9-18,22,25,34,38H,4-5,7-8,19-21,23-24H2,(H,45,50)(H,48,49). The first-order valence-electron chi connectivity index (χ1n) is 17.0. The largest absolute Gasteiger partial charge is 0.489 e. The lowest BCUT2D eigenvalue weighted by atomic mass is 9.90. The van der Waals surface area contributed by atoms with Crippen LogP contribution in [0.2, 0.25) is 0 Å². The second-order valence-electron chi connectivity index (χ2n) is 13.2. The SMILES string of the molecule is O=C(O)CC(NC(=O)C1c2cc(OCc3cccc(F)c3C(F)(F)F)ccc2CCN1C(=O)CC1CCCC1)c1ccc(-c2ccccc2)cc1. The number of ether oxygens (including phenoxy) is 1. The summed E-state index contributed by atoms with van der Waals surface area (Å²) in [7, 11) is 0. The number of aliphatic carboxylic acids is 1. The third-order valence-corrected chi connectivity index (χ3v) is 9.75. The van der Waals surface area contributed by atoms with Gasteiger partial charge in [0.1, 0.15) is 24.2 Å². The predicted octanol–water partition coefficient (Wildman–Crippen LogP) is 8.43. The van der Waals surface area contributed by atoms with Crippen LogP contribution in [-0.2, 0) is 33.6 Å². The molecule has 0 spiro atoms. The monoisotopic (exact) mass is 702 g/mol. The molecule has 1 aliphatic carbocycles. The highest BCUT2D eigenvalue weighted by atomic mass is 19.4. The zero-order valence-corrected chi connectivity index (χ0v) is 27.8. The highest BCUT2D eigenvalue weighted by molar-refractivity contribution is 5.90. The molecule has 266 valence electrons. The molecule has 7 nitrogen and oxygen atoms in total. The molecule has 1 aliphatic heterocycles. The van der Waals surface area contributed by atoms with Crippen molar-refractivity contribution in [2.45, 2.75) is 69.8 Å². The van der Waals surface area contributed by atoms with Gasteiger partial charge in [0.25, 0.3) is 0 Å². The van der Waals surface area contributed by atoms with Gasteiger partial charge >= 0.3 is 12.1 Å². The number of benzene rings is 4. The summed E-state index contributed by atoms with van der Waals surface area (Å²) < 4.78 is 60.9. The Kier molecular flexibility index (Phi) is 10.7. The zero-order chi connectivity index (χ0) is 36.1. The number of halogens is 4. The summed E-state index contributed by atoms with van der Waals surface area (Å²) in [4.78, 5) is 41.7. The fourth-order valence-electron chi connectivity index (χ4n) is 7.20. The van der Waals surface area contributed by atoms with E-state index < -0.39 is 60.1 Å². The number of hydrogen-bond donors (Lipinski definition) is 2. The maximum absolute atomic E-state index is 14.3. The van der Waals surface area contributed by atoms with Crippen molar-refractivity contribution in [1.82, 2.24) is 10.2 Å². The second kappa shape index (κ2) is 15.4. The van der Waals surface area contributed by atoms with Crippen molar-refractivity contribution >= 4 is 17.8 Å². The second-order valence-corrected chi connectivity index (χ2v) is 13.2. The molecule has 1 heterocycles. The van der Waals surface area contributed by atoms with E-state index in [4.69, 9.17) is 4.74 Å². The number of carbonyl (C=O) groups excluding carboxylic acids is 2. The molecule has 1 saturated carbocycles. The van der Waals surface area contributed by atoms with Crippen LogP contribution in [0.3, 0.4) is 0 Å². The van der Waals surface area contributed by atoms with Gasteiger partial charge in [-0.05, 0) is 71.2 Å². The molecule has 2 atom stereocenters. The summed E-state index contributed by atoms with van der Waals surface area (Å²) in [5, 5.41) is 12.7. The van der Waals surface area contributed by atoms with E-state index >= 15 is 0 Å². The highest BCUT2D eigenvalue weighted by Crippen LogP contribution is 2.38. The van der Waals surface area contributed by atoms with Gasteiger partial charge in [-0.3, -0.25) is 14.4 Å². The lowest BCUT2D eigenvalue weighted by Crippen LogP contribution is -2.48. The van der Waals surface area contributed by atoms with Gasteiger partial charge in [-0.25, -0.2) is 4.39 Å². The minimum absolute atomic E-state index is 0.132. The minimum Gasteiger partial charge on any atom is -0.489 e. The Balaban J connectivity index is 1.30. The molecule has 4 aromatic carbocycles. The van der Waals surface area contributed by atoms with Crippen LogP contribution in [0, 0.1) is 11.7 Å². The predicted molar refractivity (Wildman–Crippen MR) is 182 cm³/mol. The molecule has 0 radical (unpaired) electrons. The minimum atomic E-state index is -4.93. The number of amides is 2. The number of alkyl halides is 3. The first-order chi connectivity index (χ1) is 24.5. The van der Waals surface area contributed by atoms with Crippen LogP contribution >= 0.6 is 0 Å². The quantitative estimate of drug-likeness (QED) is 0.153. The summed E-state index contributed by atoms with van der Waals surface area (Å²) in [6.07, 6.45) is -0.733. The molecule has 0 aromatic heterocycles. The molecule has 2 amide bonds. The zero-order valence-electron chi connectivity index (χ0n) is 27.8. The van der Waals surface area contributed by atoms with E-state index in [1.807, 2.05) is 42.5 Å². The number of carbonyl (C=O) groups is 3. The lowest BCUT2D eigenvalue weighted by Gasteiger charge is -2.38. The molecule has 6 rings (SSSR count). The fourth-order valence-corrected chi connectivity index (χ4v) is 7.20. The third-order valence-electron chi connectivity index (χ3n) is 9.75. The molecule has 2 aliphatic rings. The van der Waals surface area contributed by atoms with Crippen LogP contribution < -0.4 is 10.1 Å². The first-order valence-corrected chi connectivity index (χ1v) is 17.0. The molecule has 11 heteroatoms. The normalized spacial score (nSPS) is 16.7. The molecule has 1 fully saturated rings. The van der Waals surface area contributed by atoms with Gasteiger partial charge in [0.05, 0.1) is 18.0 Å². The molecule has 2 N–H and O–H groups in total. The molecular formula is C40H38F4N2O5. The Morgan fingerprint density at radius 1 is 0.902 bits per heavy atom. The molecule has 2 unspecified atom stereocenters. The van der Waals surface area contributed by atoms with Gasteiger partial charge in [-0.1, -0.05) is 85.6 Å². The Labute approximate surface area is 293 Å². The van der Waals surface area contributed by atoms with Gasteiger partial charge in [0.2, 0.25) is 11.8 Å². The van der Waals surface area contributed by atoms with E-state index in [9.17, 15) is 37.1 Å². The van der Waals surface area contributed by atoms with Crippen molar-refractivity contribution in [3.63, 3.8) is 0 Å². The van der Waals surface area contributed by atoms with E-state index in [2.05, 4.69) is 5.32 Å². The maximum Gasteiger partial charge on any atom is 0.419 e. The Bertz CT molecular complexity index is 1870. The first kappa shape index (κ1) is 35.6. The highest BCUT2D eigenvalue weighted by Gasteiger charge is 2.39. The van der Waals surface area contributed by atoms with Gasteiger partial charge in [-0.2, -0.15) is 13.2 Å². The average molecular weight is 703 g/mol. The Hall–Kier alpha value is -5.19. The van der Waals surface area contributed by atoms with Crippen LogP contribution in [-0.4, -0.2) is 34.3 Å². The van der Waals surface area contributed by atoms with Crippen LogP contribution in [0.1, 0.15) is 78.4 Å². The number of carboxylic acid groups (broad SMARTS) is 1. The van der Waals surface area contributed by atoms with Crippen LogP contribution in [0.4, 0.5) is 17.6 Å². The van der Waals surface area contributed by atoms with Gasteiger partial charge in [0.15, 0.2) is 0 Å². The van der Waals surface area contributed by atoms with E-state index in [1.54, 1.807) is 24.3 Å². The number of hydrogen-bond acceptors (Lipinski definition) is 4. The fraction of sp³-hybridized carbons (Fsp3) is 0.325. The summed E-state index contributed by atoms with van der Waals surface area (Å²) in [6, 6.07) is 22.7. The topological polar surface area (TPSA) is 95.9 Å². The average Bonchev–Trinajstić information content (AvgIpc) is 3.62. The van der Waals surface area contributed by atoms with E-state index in [1.165, 1.54) is 17.0 Å². The van der Waals surface area contributed by atoms with Crippen LogP contribution in [0.5, 0.6) is 5.75 Å². The summed E-state index contributed by atoms with van der Waals surface area (Å²) in [6.45, 7) is -0.337. The molecule has 51 heavy (non-hydrogen) atoms. The van der Waals surface area contributed by atoms with E-state index in [0.717, 1.165) is 54.5 Å². The lowest BCUT2D eigenvalue weighted by molar-refractivity contribution is -0.143. The Morgan fingerprint density at radius 3 is 2.29 bits per heavy atom. The summed E-state index contributed by atoms with van der Waals surface area (Å²) in [5.41, 5.74) is 1.83. The number of nitrogens with zero attached hydrogens (tertiary/aromatic N) is 1. The number of rotatable bonds is 11. The summed E-state index contributed by atoms with van der Waals surface area (Å²) >= 11 is 0. The van der Waals surface area contributed by atoms with Crippen molar-refractivity contribution in [1.29, 1.82) is 0 Å². The molecule has 0 saturated heterocycles. The van der Waals surface area contributed by atoms with E-state index in [0.29, 0.717) is 17.5 Å². The Morgan fingerprint density at radius 2 is 1.61 bits per heavy atom. The van der Waals surface area contributed by atoms with Crippen LogP contribution in [0.15, 0.2) is 91.0 Å². The summed E-state index contributed by atoms with van der Waals surface area (Å²) in [5.74, 6) is -2.99. The van der Waals surface area contributed by atoms with Crippen molar-refractivity contribution in [2.24, 2.45) is 5.92 Å². The van der Waals surface area contributed by atoms with E-state index in [-0.39, 0.29) is 30.5 Å².